The summed E-state index contributed by atoms with van der Waals surface area (Å²) in [4.78, 5) is 14.4. The fourth-order valence-corrected chi connectivity index (χ4v) is 2.81. The van der Waals surface area contributed by atoms with E-state index >= 15 is 0 Å². The largest absolute Gasteiger partial charge is 0.399 e. The van der Waals surface area contributed by atoms with Crippen LogP contribution in [0.2, 0.25) is 5.02 Å². The summed E-state index contributed by atoms with van der Waals surface area (Å²) in [5.74, 6) is -0.0215. The van der Waals surface area contributed by atoms with Gasteiger partial charge in [0.15, 0.2) is 0 Å². The number of carbonyl (C=O) groups excluding carboxylic acids is 1. The van der Waals surface area contributed by atoms with E-state index in [0.717, 1.165) is 9.13 Å². The topological polar surface area (TPSA) is 46.3 Å². The highest BCUT2D eigenvalue weighted by Gasteiger charge is 2.17. The molecule has 2 rings (SSSR count). The minimum atomic E-state index is -0.0215. The van der Waals surface area contributed by atoms with E-state index in [4.69, 9.17) is 17.3 Å². The first-order valence-electron chi connectivity index (χ1n) is 6.60. The van der Waals surface area contributed by atoms with E-state index in [1.165, 1.54) is 0 Å². The number of amides is 1. The standard InChI is InChI=1S/C16H16ClIN2O/c1-2-20(10-11-4-3-5-13(19)8-11)16(21)14-9-12(17)6-7-15(14)18/h3-9H,2,10,19H2,1H3. The normalized spacial score (nSPS) is 10.4. The molecule has 2 aromatic carbocycles. The number of nitrogens with two attached hydrogens (primary N) is 1. The number of benzene rings is 2. The first-order chi connectivity index (χ1) is 10.0. The minimum absolute atomic E-state index is 0.0215. The smallest absolute Gasteiger partial charge is 0.255 e. The van der Waals surface area contributed by atoms with Crippen molar-refractivity contribution in [2.75, 3.05) is 12.3 Å². The molecule has 0 saturated heterocycles. The Kier molecular flexibility index (Phi) is 5.47. The predicted octanol–water partition coefficient (Wildman–Crippen LogP) is 4.19. The Hall–Kier alpha value is -1.27. The van der Waals surface area contributed by atoms with Crippen LogP contribution in [0.3, 0.4) is 0 Å². The lowest BCUT2D eigenvalue weighted by atomic mass is 10.1. The summed E-state index contributed by atoms with van der Waals surface area (Å²) >= 11 is 8.15. The van der Waals surface area contributed by atoms with Gasteiger partial charge in [-0.05, 0) is 65.4 Å². The second kappa shape index (κ2) is 7.13. The van der Waals surface area contributed by atoms with Gasteiger partial charge in [0.05, 0.1) is 5.56 Å². The van der Waals surface area contributed by atoms with Gasteiger partial charge in [-0.3, -0.25) is 4.79 Å². The number of anilines is 1. The van der Waals surface area contributed by atoms with Gasteiger partial charge in [0, 0.05) is 27.4 Å². The third-order valence-electron chi connectivity index (χ3n) is 3.15. The van der Waals surface area contributed by atoms with Crippen LogP contribution in [-0.2, 0) is 6.54 Å². The second-order valence-corrected chi connectivity index (χ2v) is 6.29. The highest BCUT2D eigenvalue weighted by molar-refractivity contribution is 14.1. The van der Waals surface area contributed by atoms with E-state index < -0.39 is 0 Å². The van der Waals surface area contributed by atoms with Crippen LogP contribution < -0.4 is 5.73 Å². The van der Waals surface area contributed by atoms with Crippen LogP contribution in [0.1, 0.15) is 22.8 Å². The van der Waals surface area contributed by atoms with Crippen molar-refractivity contribution in [2.24, 2.45) is 0 Å². The van der Waals surface area contributed by atoms with Gasteiger partial charge in [0.2, 0.25) is 0 Å². The van der Waals surface area contributed by atoms with Gasteiger partial charge in [-0.1, -0.05) is 23.7 Å². The Morgan fingerprint density at radius 2 is 2.05 bits per heavy atom. The van der Waals surface area contributed by atoms with Crippen LogP contribution >= 0.6 is 34.2 Å². The Morgan fingerprint density at radius 1 is 1.29 bits per heavy atom. The average Bonchev–Trinajstić information content (AvgIpc) is 2.46. The molecule has 0 bridgehead atoms. The Bertz CT molecular complexity index is 660. The molecular weight excluding hydrogens is 399 g/mol. The van der Waals surface area contributed by atoms with Crippen LogP contribution in [0.4, 0.5) is 5.69 Å². The maximum absolute atomic E-state index is 12.7. The van der Waals surface area contributed by atoms with Gasteiger partial charge >= 0.3 is 0 Å². The number of rotatable bonds is 4. The number of nitrogens with zero attached hydrogens (tertiary/aromatic N) is 1. The van der Waals surface area contributed by atoms with Gasteiger partial charge < -0.3 is 10.6 Å². The maximum atomic E-state index is 12.7. The lowest BCUT2D eigenvalue weighted by Gasteiger charge is -2.22. The molecule has 0 radical (unpaired) electrons. The first-order valence-corrected chi connectivity index (χ1v) is 8.05. The van der Waals surface area contributed by atoms with E-state index in [9.17, 15) is 4.79 Å². The summed E-state index contributed by atoms with van der Waals surface area (Å²) in [6.45, 7) is 3.11. The van der Waals surface area contributed by atoms with Crippen LogP contribution in [-0.4, -0.2) is 17.4 Å². The summed E-state index contributed by atoms with van der Waals surface area (Å²) in [6.07, 6.45) is 0. The van der Waals surface area contributed by atoms with E-state index in [2.05, 4.69) is 22.6 Å². The highest BCUT2D eigenvalue weighted by atomic mass is 127. The lowest BCUT2D eigenvalue weighted by Crippen LogP contribution is -2.30. The molecular formula is C16H16ClIN2O. The van der Waals surface area contributed by atoms with Crippen molar-refractivity contribution < 1.29 is 4.79 Å². The van der Waals surface area contributed by atoms with Gasteiger partial charge in [-0.25, -0.2) is 0 Å². The molecule has 2 aromatic rings. The van der Waals surface area contributed by atoms with Crippen LogP contribution in [0.15, 0.2) is 42.5 Å². The first kappa shape index (κ1) is 16.1. The number of halogens is 2. The Labute approximate surface area is 143 Å². The van der Waals surface area contributed by atoms with E-state index in [1.54, 1.807) is 17.0 Å². The van der Waals surface area contributed by atoms with Crippen LogP contribution in [0.5, 0.6) is 0 Å². The van der Waals surface area contributed by atoms with E-state index in [0.29, 0.717) is 29.4 Å². The molecule has 0 aromatic heterocycles. The zero-order chi connectivity index (χ0) is 15.4. The molecule has 0 aliphatic rings. The van der Waals surface area contributed by atoms with Crippen molar-refractivity contribution >= 4 is 45.8 Å². The van der Waals surface area contributed by atoms with Crippen molar-refractivity contribution in [1.29, 1.82) is 0 Å². The average molecular weight is 415 g/mol. The SMILES string of the molecule is CCN(Cc1cccc(N)c1)C(=O)c1cc(Cl)ccc1I. The molecule has 1 amide bonds. The van der Waals surface area contributed by atoms with Gasteiger partial charge in [-0.2, -0.15) is 0 Å². The molecule has 0 fully saturated rings. The zero-order valence-corrected chi connectivity index (χ0v) is 14.6. The summed E-state index contributed by atoms with van der Waals surface area (Å²) in [5, 5.41) is 0.568. The van der Waals surface area contributed by atoms with Crippen molar-refractivity contribution in [3.63, 3.8) is 0 Å². The number of hydrogen-bond donors (Lipinski definition) is 1. The lowest BCUT2D eigenvalue weighted by molar-refractivity contribution is 0.0751. The molecule has 0 saturated carbocycles. The second-order valence-electron chi connectivity index (χ2n) is 4.69. The molecule has 0 atom stereocenters. The molecule has 2 N–H and O–H groups in total. The predicted molar refractivity (Wildman–Crippen MR) is 95.4 cm³/mol. The quantitative estimate of drug-likeness (QED) is 0.602. The summed E-state index contributed by atoms with van der Waals surface area (Å²) in [6, 6.07) is 12.9. The highest BCUT2D eigenvalue weighted by Crippen LogP contribution is 2.20. The fraction of sp³-hybridized carbons (Fsp3) is 0.188. The molecule has 0 unspecified atom stereocenters. The van der Waals surface area contributed by atoms with Gasteiger partial charge in [-0.15, -0.1) is 0 Å². The molecule has 110 valence electrons. The third kappa shape index (κ3) is 4.11. The zero-order valence-electron chi connectivity index (χ0n) is 11.6. The Balaban J connectivity index is 2.24. The van der Waals surface area contributed by atoms with Gasteiger partial charge in [0.1, 0.15) is 0 Å². The molecule has 0 spiro atoms. The number of hydrogen-bond acceptors (Lipinski definition) is 2. The molecule has 3 nitrogen and oxygen atoms in total. The molecule has 21 heavy (non-hydrogen) atoms. The van der Waals surface area contributed by atoms with Crippen molar-refractivity contribution in [3.05, 3.63) is 62.2 Å². The minimum Gasteiger partial charge on any atom is -0.399 e. The van der Waals surface area contributed by atoms with Crippen molar-refractivity contribution in [1.82, 2.24) is 4.90 Å². The fourth-order valence-electron chi connectivity index (χ4n) is 2.07. The maximum Gasteiger partial charge on any atom is 0.255 e. The molecule has 5 heteroatoms. The number of nitrogen functional groups attached to an aromatic ring is 1. The molecule has 0 aliphatic carbocycles. The number of carbonyl (C=O) groups is 1. The van der Waals surface area contributed by atoms with E-state index in [-0.39, 0.29) is 5.91 Å². The van der Waals surface area contributed by atoms with Crippen molar-refractivity contribution in [2.45, 2.75) is 13.5 Å². The van der Waals surface area contributed by atoms with Crippen LogP contribution in [0.25, 0.3) is 0 Å². The van der Waals surface area contributed by atoms with Crippen molar-refractivity contribution in [3.8, 4) is 0 Å². The molecule has 0 heterocycles. The third-order valence-corrected chi connectivity index (χ3v) is 4.33. The van der Waals surface area contributed by atoms with Gasteiger partial charge in [0.25, 0.3) is 5.91 Å². The summed E-state index contributed by atoms with van der Waals surface area (Å²) < 4.78 is 0.896. The van der Waals surface area contributed by atoms with E-state index in [1.807, 2.05) is 37.3 Å². The monoisotopic (exact) mass is 414 g/mol. The Morgan fingerprint density at radius 3 is 2.71 bits per heavy atom. The molecule has 0 aliphatic heterocycles. The summed E-state index contributed by atoms with van der Waals surface area (Å²) in [5.41, 5.74) is 8.14. The van der Waals surface area contributed by atoms with Crippen LogP contribution in [0, 0.1) is 3.57 Å². The summed E-state index contributed by atoms with van der Waals surface area (Å²) in [7, 11) is 0.